The average molecular weight is 210 g/mol. The predicted octanol–water partition coefficient (Wildman–Crippen LogP) is -0.248. The quantitative estimate of drug-likeness (QED) is 0.615. The van der Waals surface area contributed by atoms with Gasteiger partial charge in [-0.2, -0.15) is 0 Å². The summed E-state index contributed by atoms with van der Waals surface area (Å²) < 4.78 is 5.31. The van der Waals surface area contributed by atoms with Crippen LogP contribution in [0.2, 0.25) is 0 Å². The molecule has 1 amide bonds. The van der Waals surface area contributed by atoms with Gasteiger partial charge in [0.05, 0.1) is 13.2 Å². The van der Waals surface area contributed by atoms with E-state index in [1.807, 2.05) is 0 Å². The maximum Gasteiger partial charge on any atom is 0.246 e. The highest BCUT2D eigenvalue weighted by molar-refractivity contribution is 5.77. The Balaban J connectivity index is 2.00. The fourth-order valence-electron chi connectivity index (χ4n) is 1.59. The molecular weight excluding hydrogens is 192 g/mol. The zero-order chi connectivity index (χ0) is 10.9. The van der Waals surface area contributed by atoms with Crippen molar-refractivity contribution in [2.45, 2.75) is 12.8 Å². The van der Waals surface area contributed by atoms with Gasteiger partial charge in [-0.1, -0.05) is 5.92 Å². The monoisotopic (exact) mass is 210 g/mol. The van der Waals surface area contributed by atoms with Gasteiger partial charge in [-0.3, -0.25) is 4.79 Å². The van der Waals surface area contributed by atoms with Crippen molar-refractivity contribution in [3.8, 4) is 12.3 Å². The van der Waals surface area contributed by atoms with Gasteiger partial charge in [0.2, 0.25) is 5.91 Å². The molecule has 0 saturated carbocycles. The molecule has 2 N–H and O–H groups in total. The van der Waals surface area contributed by atoms with Gasteiger partial charge in [-0.15, -0.1) is 6.42 Å². The minimum absolute atomic E-state index is 0.109. The molecule has 1 aliphatic heterocycles. The van der Waals surface area contributed by atoms with Crippen molar-refractivity contribution < 1.29 is 9.53 Å². The van der Waals surface area contributed by atoms with E-state index in [1.54, 1.807) is 0 Å². The summed E-state index contributed by atoms with van der Waals surface area (Å²) >= 11 is 0. The molecule has 0 aromatic carbocycles. The third-order valence-electron chi connectivity index (χ3n) is 2.37. The number of terminal acetylenes is 1. The first-order valence-corrected chi connectivity index (χ1v) is 5.31. The summed E-state index contributed by atoms with van der Waals surface area (Å²) in [5.74, 6) is 2.74. The van der Waals surface area contributed by atoms with Crippen molar-refractivity contribution in [3.05, 3.63) is 0 Å². The van der Waals surface area contributed by atoms with Crippen molar-refractivity contribution in [1.29, 1.82) is 0 Å². The fraction of sp³-hybridized carbons (Fsp3) is 0.727. The Bertz CT molecular complexity index is 229. The van der Waals surface area contributed by atoms with Gasteiger partial charge >= 0.3 is 0 Å². The molecule has 0 aromatic heterocycles. The van der Waals surface area contributed by atoms with E-state index in [4.69, 9.17) is 11.2 Å². The molecule has 15 heavy (non-hydrogen) atoms. The number of carbonyl (C=O) groups is 1. The first kappa shape index (κ1) is 12.0. The maximum absolute atomic E-state index is 11.1. The summed E-state index contributed by atoms with van der Waals surface area (Å²) in [6.45, 7) is 3.12. The highest BCUT2D eigenvalue weighted by Crippen LogP contribution is 2.09. The highest BCUT2D eigenvalue weighted by Gasteiger charge is 2.13. The van der Waals surface area contributed by atoms with Gasteiger partial charge in [-0.25, -0.2) is 0 Å². The van der Waals surface area contributed by atoms with Gasteiger partial charge in [0.25, 0.3) is 0 Å². The van der Waals surface area contributed by atoms with Crippen LogP contribution in [0.5, 0.6) is 0 Å². The van der Waals surface area contributed by atoms with E-state index in [1.165, 1.54) is 12.8 Å². The van der Waals surface area contributed by atoms with Gasteiger partial charge in [-0.05, 0) is 25.3 Å². The minimum atomic E-state index is -0.142. The summed E-state index contributed by atoms with van der Waals surface area (Å²) in [5, 5.41) is 5.85. The minimum Gasteiger partial charge on any atom is -0.371 e. The number of hydrogen-bond acceptors (Lipinski definition) is 3. The van der Waals surface area contributed by atoms with E-state index in [2.05, 4.69) is 16.6 Å². The first-order valence-electron chi connectivity index (χ1n) is 5.31. The Hall–Kier alpha value is -1.05. The lowest BCUT2D eigenvalue weighted by Gasteiger charge is -2.22. The molecule has 0 radical (unpaired) electrons. The van der Waals surface area contributed by atoms with Crippen molar-refractivity contribution in [2.75, 3.05) is 32.8 Å². The molecule has 0 aromatic rings. The van der Waals surface area contributed by atoms with Crippen LogP contribution in [0.4, 0.5) is 0 Å². The molecule has 1 heterocycles. The summed E-state index contributed by atoms with van der Waals surface area (Å²) in [4.78, 5) is 11.1. The average Bonchev–Trinajstić information content (AvgIpc) is 2.28. The maximum atomic E-state index is 11.1. The van der Waals surface area contributed by atoms with Crippen LogP contribution in [0.25, 0.3) is 0 Å². The van der Waals surface area contributed by atoms with Crippen LogP contribution in [0.15, 0.2) is 0 Å². The normalized spacial score (nSPS) is 20.6. The Kier molecular flexibility index (Phi) is 5.83. The smallest absolute Gasteiger partial charge is 0.246 e. The lowest BCUT2D eigenvalue weighted by Crippen LogP contribution is -2.34. The van der Waals surface area contributed by atoms with E-state index < -0.39 is 0 Å². The van der Waals surface area contributed by atoms with Crippen LogP contribution < -0.4 is 10.6 Å². The van der Waals surface area contributed by atoms with E-state index in [-0.39, 0.29) is 19.1 Å². The highest BCUT2D eigenvalue weighted by atomic mass is 16.5. The summed E-state index contributed by atoms with van der Waals surface area (Å²) in [5.41, 5.74) is 0. The Morgan fingerprint density at radius 1 is 1.67 bits per heavy atom. The standard InChI is InChI=1S/C11H18N2O2/c1-2-5-13-11(14)9-15-8-10-4-3-6-12-7-10/h1,10,12H,3-9H2,(H,13,14). The van der Waals surface area contributed by atoms with Crippen LogP contribution in [-0.2, 0) is 9.53 Å². The molecule has 0 bridgehead atoms. The first-order chi connectivity index (χ1) is 7.33. The van der Waals surface area contributed by atoms with Crippen LogP contribution >= 0.6 is 0 Å². The molecular formula is C11H18N2O2. The van der Waals surface area contributed by atoms with Crippen molar-refractivity contribution in [2.24, 2.45) is 5.92 Å². The SMILES string of the molecule is C#CCNC(=O)COCC1CCCNC1. The molecule has 1 atom stereocenters. The third kappa shape index (κ3) is 5.40. The number of carbonyl (C=O) groups excluding carboxylic acids is 1. The Labute approximate surface area is 90.8 Å². The van der Waals surface area contributed by atoms with Crippen molar-refractivity contribution in [1.82, 2.24) is 10.6 Å². The molecule has 1 saturated heterocycles. The lowest BCUT2D eigenvalue weighted by atomic mass is 10.0. The van der Waals surface area contributed by atoms with Crippen LogP contribution in [0, 0.1) is 18.3 Å². The molecule has 0 spiro atoms. The molecule has 1 unspecified atom stereocenters. The van der Waals surface area contributed by atoms with Gasteiger partial charge in [0.1, 0.15) is 6.61 Å². The molecule has 4 heteroatoms. The number of hydrogen-bond donors (Lipinski definition) is 2. The molecule has 84 valence electrons. The second-order valence-electron chi connectivity index (χ2n) is 3.71. The van der Waals surface area contributed by atoms with Crippen LogP contribution in [0.1, 0.15) is 12.8 Å². The largest absolute Gasteiger partial charge is 0.371 e. The summed E-state index contributed by atoms with van der Waals surface area (Å²) in [6.07, 6.45) is 7.38. The number of rotatable bonds is 5. The van der Waals surface area contributed by atoms with Crippen LogP contribution in [-0.4, -0.2) is 38.8 Å². The number of ether oxygens (including phenoxy) is 1. The zero-order valence-electron chi connectivity index (χ0n) is 8.92. The molecule has 1 fully saturated rings. The van der Waals surface area contributed by atoms with Gasteiger partial charge < -0.3 is 15.4 Å². The van der Waals surface area contributed by atoms with Crippen LogP contribution in [0.3, 0.4) is 0 Å². The van der Waals surface area contributed by atoms with E-state index in [0.29, 0.717) is 12.5 Å². The summed E-state index contributed by atoms with van der Waals surface area (Å²) in [7, 11) is 0. The van der Waals surface area contributed by atoms with E-state index in [9.17, 15) is 4.79 Å². The second kappa shape index (κ2) is 7.27. The predicted molar refractivity (Wildman–Crippen MR) is 58.3 cm³/mol. The van der Waals surface area contributed by atoms with Crippen molar-refractivity contribution in [3.63, 3.8) is 0 Å². The van der Waals surface area contributed by atoms with Crippen molar-refractivity contribution >= 4 is 5.91 Å². The second-order valence-corrected chi connectivity index (χ2v) is 3.71. The molecule has 0 aliphatic carbocycles. The Morgan fingerprint density at radius 3 is 3.20 bits per heavy atom. The molecule has 1 rings (SSSR count). The van der Waals surface area contributed by atoms with E-state index in [0.717, 1.165) is 13.1 Å². The van der Waals surface area contributed by atoms with Gasteiger partial charge in [0, 0.05) is 6.54 Å². The fourth-order valence-corrected chi connectivity index (χ4v) is 1.59. The van der Waals surface area contributed by atoms with Gasteiger partial charge in [0.15, 0.2) is 0 Å². The lowest BCUT2D eigenvalue weighted by molar-refractivity contribution is -0.125. The zero-order valence-corrected chi connectivity index (χ0v) is 8.92. The molecule has 4 nitrogen and oxygen atoms in total. The number of nitrogens with one attached hydrogen (secondary N) is 2. The third-order valence-corrected chi connectivity index (χ3v) is 2.37. The topological polar surface area (TPSA) is 50.4 Å². The van der Waals surface area contributed by atoms with E-state index >= 15 is 0 Å². The Morgan fingerprint density at radius 2 is 2.53 bits per heavy atom. The number of amides is 1. The summed E-state index contributed by atoms with van der Waals surface area (Å²) in [6, 6.07) is 0. The molecule has 1 aliphatic rings. The number of piperidine rings is 1.